The van der Waals surface area contributed by atoms with Crippen molar-refractivity contribution in [3.63, 3.8) is 0 Å². The van der Waals surface area contributed by atoms with Gasteiger partial charge in [0.05, 0.1) is 10.3 Å². The van der Waals surface area contributed by atoms with Crippen molar-refractivity contribution in [3.8, 4) is 0 Å². The third-order valence-electron chi connectivity index (χ3n) is 4.14. The van der Waals surface area contributed by atoms with Crippen molar-refractivity contribution in [1.82, 2.24) is 0 Å². The normalized spacial score (nSPS) is 17.8. The van der Waals surface area contributed by atoms with Gasteiger partial charge in [0.15, 0.2) is 0 Å². The fourth-order valence-corrected chi connectivity index (χ4v) is 2.46. The molecule has 6 nitrogen and oxygen atoms in total. The number of nitro groups is 1. The van der Waals surface area contributed by atoms with Crippen molar-refractivity contribution in [2.45, 2.75) is 26.7 Å². The number of nitrogens with zero attached hydrogens (tertiary/aromatic N) is 2. The van der Waals surface area contributed by atoms with Gasteiger partial charge < -0.3 is 10.0 Å². The zero-order valence-electron chi connectivity index (χ0n) is 11.6. The SMILES string of the molecule is Cc1ccc(N2CCC(C)(C(=O)O)CC2)cc1[N+](=O)[O-]. The number of piperidine rings is 1. The molecule has 1 aromatic carbocycles. The van der Waals surface area contributed by atoms with Crippen molar-refractivity contribution in [1.29, 1.82) is 0 Å². The van der Waals surface area contributed by atoms with Crippen molar-refractivity contribution >= 4 is 17.3 Å². The van der Waals surface area contributed by atoms with Crippen molar-refractivity contribution in [2.75, 3.05) is 18.0 Å². The lowest BCUT2D eigenvalue weighted by Gasteiger charge is -2.37. The second-order valence-electron chi connectivity index (χ2n) is 5.58. The quantitative estimate of drug-likeness (QED) is 0.678. The topological polar surface area (TPSA) is 83.7 Å². The zero-order valence-corrected chi connectivity index (χ0v) is 11.6. The van der Waals surface area contributed by atoms with Gasteiger partial charge in [0.25, 0.3) is 5.69 Å². The Balaban J connectivity index is 2.17. The van der Waals surface area contributed by atoms with E-state index in [1.807, 2.05) is 11.0 Å². The Morgan fingerprint density at radius 3 is 2.50 bits per heavy atom. The summed E-state index contributed by atoms with van der Waals surface area (Å²) < 4.78 is 0. The van der Waals surface area contributed by atoms with Crippen LogP contribution in [0.3, 0.4) is 0 Å². The summed E-state index contributed by atoms with van der Waals surface area (Å²) in [6.45, 7) is 4.66. The van der Waals surface area contributed by atoms with Gasteiger partial charge in [-0.15, -0.1) is 0 Å². The number of aliphatic carboxylic acids is 1. The number of hydrogen-bond acceptors (Lipinski definition) is 4. The van der Waals surface area contributed by atoms with Crippen LogP contribution in [-0.4, -0.2) is 29.1 Å². The highest BCUT2D eigenvalue weighted by molar-refractivity contribution is 5.74. The highest BCUT2D eigenvalue weighted by Gasteiger charge is 2.37. The maximum Gasteiger partial charge on any atom is 0.309 e. The highest BCUT2D eigenvalue weighted by Crippen LogP contribution is 2.34. The third kappa shape index (κ3) is 2.59. The fourth-order valence-electron chi connectivity index (χ4n) is 2.46. The first kappa shape index (κ1) is 14.3. The van der Waals surface area contributed by atoms with Crippen LogP contribution in [0, 0.1) is 22.5 Å². The van der Waals surface area contributed by atoms with E-state index in [2.05, 4.69) is 0 Å². The molecular weight excluding hydrogens is 260 g/mol. The Hall–Kier alpha value is -2.11. The molecule has 0 atom stereocenters. The van der Waals surface area contributed by atoms with Gasteiger partial charge in [0.2, 0.25) is 0 Å². The smallest absolute Gasteiger partial charge is 0.309 e. The molecule has 1 aliphatic rings. The molecule has 0 aromatic heterocycles. The molecule has 0 spiro atoms. The molecule has 108 valence electrons. The van der Waals surface area contributed by atoms with E-state index < -0.39 is 11.4 Å². The molecule has 1 aromatic rings. The number of carboxylic acid groups (broad SMARTS) is 1. The second-order valence-corrected chi connectivity index (χ2v) is 5.58. The second kappa shape index (κ2) is 5.11. The van der Waals surface area contributed by atoms with E-state index in [-0.39, 0.29) is 10.6 Å². The molecule has 0 amide bonds. The molecular formula is C14H18N2O4. The highest BCUT2D eigenvalue weighted by atomic mass is 16.6. The van der Waals surface area contributed by atoms with E-state index in [4.69, 9.17) is 0 Å². The number of carboxylic acids is 1. The van der Waals surface area contributed by atoms with E-state index in [1.165, 1.54) is 0 Å². The van der Waals surface area contributed by atoms with Gasteiger partial charge in [-0.3, -0.25) is 14.9 Å². The zero-order chi connectivity index (χ0) is 14.9. The average molecular weight is 278 g/mol. The van der Waals surface area contributed by atoms with E-state index in [0.717, 1.165) is 5.69 Å². The molecule has 1 N–H and O–H groups in total. The number of nitro benzene ring substituents is 1. The molecule has 1 heterocycles. The minimum absolute atomic E-state index is 0.106. The summed E-state index contributed by atoms with van der Waals surface area (Å²) in [5.74, 6) is -0.771. The summed E-state index contributed by atoms with van der Waals surface area (Å²) in [7, 11) is 0. The minimum atomic E-state index is -0.771. The third-order valence-corrected chi connectivity index (χ3v) is 4.14. The molecule has 20 heavy (non-hydrogen) atoms. The first-order valence-electron chi connectivity index (χ1n) is 6.57. The predicted molar refractivity (Wildman–Crippen MR) is 75.0 cm³/mol. The molecule has 0 saturated carbocycles. The summed E-state index contributed by atoms with van der Waals surface area (Å²) in [6.07, 6.45) is 1.09. The minimum Gasteiger partial charge on any atom is -0.481 e. The molecule has 6 heteroatoms. The van der Waals surface area contributed by atoms with Gasteiger partial charge in [0, 0.05) is 30.4 Å². The first-order valence-corrected chi connectivity index (χ1v) is 6.57. The van der Waals surface area contributed by atoms with Crippen LogP contribution in [-0.2, 0) is 4.79 Å². The van der Waals surface area contributed by atoms with E-state index in [9.17, 15) is 20.0 Å². The van der Waals surface area contributed by atoms with Crippen LogP contribution in [0.2, 0.25) is 0 Å². The van der Waals surface area contributed by atoms with E-state index >= 15 is 0 Å². The summed E-state index contributed by atoms with van der Waals surface area (Å²) in [6, 6.07) is 5.16. The lowest BCUT2D eigenvalue weighted by atomic mass is 9.80. The number of rotatable bonds is 3. The number of hydrogen-bond donors (Lipinski definition) is 1. The van der Waals surface area contributed by atoms with Gasteiger partial charge in [0.1, 0.15) is 0 Å². The lowest BCUT2D eigenvalue weighted by molar-refractivity contribution is -0.385. The summed E-state index contributed by atoms with van der Waals surface area (Å²) >= 11 is 0. The molecule has 0 aliphatic carbocycles. The van der Waals surface area contributed by atoms with Crippen LogP contribution >= 0.6 is 0 Å². The number of carbonyl (C=O) groups is 1. The largest absolute Gasteiger partial charge is 0.481 e. The Kier molecular flexibility index (Phi) is 3.65. The lowest BCUT2D eigenvalue weighted by Crippen LogP contribution is -2.42. The number of aryl methyl sites for hydroxylation is 1. The monoisotopic (exact) mass is 278 g/mol. The van der Waals surface area contributed by atoms with Crippen LogP contribution in [0.1, 0.15) is 25.3 Å². The maximum absolute atomic E-state index is 11.2. The average Bonchev–Trinajstić information content (AvgIpc) is 2.40. The van der Waals surface area contributed by atoms with Crippen molar-refractivity contribution in [3.05, 3.63) is 33.9 Å². The summed E-state index contributed by atoms with van der Waals surface area (Å²) in [5.41, 5.74) is 0.836. The van der Waals surface area contributed by atoms with Crippen LogP contribution in [0.5, 0.6) is 0 Å². The van der Waals surface area contributed by atoms with Crippen LogP contribution in [0.15, 0.2) is 18.2 Å². The van der Waals surface area contributed by atoms with Crippen molar-refractivity contribution in [2.24, 2.45) is 5.41 Å². The summed E-state index contributed by atoms with van der Waals surface area (Å²) in [5, 5.41) is 20.2. The first-order chi connectivity index (χ1) is 9.33. The number of benzene rings is 1. The van der Waals surface area contributed by atoms with Gasteiger partial charge in [-0.1, -0.05) is 6.07 Å². The molecule has 1 saturated heterocycles. The Morgan fingerprint density at radius 1 is 1.40 bits per heavy atom. The van der Waals surface area contributed by atoms with Crippen molar-refractivity contribution < 1.29 is 14.8 Å². The summed E-state index contributed by atoms with van der Waals surface area (Å²) in [4.78, 5) is 23.8. The fraction of sp³-hybridized carbons (Fsp3) is 0.500. The van der Waals surface area contributed by atoms with Gasteiger partial charge in [-0.2, -0.15) is 0 Å². The van der Waals surface area contributed by atoms with Crippen LogP contribution in [0.25, 0.3) is 0 Å². The molecule has 0 unspecified atom stereocenters. The van der Waals surface area contributed by atoms with Crippen LogP contribution < -0.4 is 4.90 Å². The Morgan fingerprint density at radius 2 is 2.00 bits per heavy atom. The molecule has 2 rings (SSSR count). The molecule has 1 aliphatic heterocycles. The van der Waals surface area contributed by atoms with Crippen LogP contribution in [0.4, 0.5) is 11.4 Å². The maximum atomic E-state index is 11.2. The van der Waals surface area contributed by atoms with E-state index in [1.54, 1.807) is 26.0 Å². The Labute approximate surface area is 117 Å². The van der Waals surface area contributed by atoms with Gasteiger partial charge >= 0.3 is 5.97 Å². The molecule has 0 bridgehead atoms. The van der Waals surface area contributed by atoms with Gasteiger partial charge in [-0.25, -0.2) is 0 Å². The van der Waals surface area contributed by atoms with Gasteiger partial charge in [-0.05, 0) is 32.8 Å². The predicted octanol–water partition coefficient (Wildman–Crippen LogP) is 2.59. The number of anilines is 1. The standard InChI is InChI=1S/C14H18N2O4/c1-10-3-4-11(9-12(10)16(19)20)15-7-5-14(2,6-8-15)13(17)18/h3-4,9H,5-8H2,1-2H3,(H,17,18). The molecule has 1 fully saturated rings. The molecule has 0 radical (unpaired) electrons. The van der Waals surface area contributed by atoms with E-state index in [0.29, 0.717) is 31.5 Å². The Bertz CT molecular complexity index is 548.